The van der Waals surface area contributed by atoms with Crippen molar-refractivity contribution in [3.8, 4) is 5.75 Å². The monoisotopic (exact) mass is 309 g/mol. The molecule has 0 saturated carbocycles. The first-order valence-electron chi connectivity index (χ1n) is 8.42. The molecule has 0 saturated heterocycles. The zero-order valence-electron chi connectivity index (χ0n) is 13.1. The van der Waals surface area contributed by atoms with Crippen LogP contribution in [-0.2, 0) is 0 Å². The zero-order valence-corrected chi connectivity index (χ0v) is 13.9. The van der Waals surface area contributed by atoms with Crippen LogP contribution in [0.2, 0.25) is 5.02 Å². The summed E-state index contributed by atoms with van der Waals surface area (Å²) in [4.78, 5) is 0. The van der Waals surface area contributed by atoms with Crippen molar-refractivity contribution in [1.29, 1.82) is 0 Å². The molecule has 0 radical (unpaired) electrons. The van der Waals surface area contributed by atoms with Crippen LogP contribution >= 0.6 is 11.6 Å². The molecule has 3 heteroatoms. The summed E-state index contributed by atoms with van der Waals surface area (Å²) < 4.78 is 6.06. The van der Waals surface area contributed by atoms with Gasteiger partial charge >= 0.3 is 0 Å². The molecule has 0 fully saturated rings. The van der Waals surface area contributed by atoms with Crippen molar-refractivity contribution in [3.05, 3.63) is 28.8 Å². The van der Waals surface area contributed by atoms with Gasteiger partial charge in [0.25, 0.3) is 0 Å². The van der Waals surface area contributed by atoms with Crippen LogP contribution in [0.1, 0.15) is 76.3 Å². The topological polar surface area (TPSA) is 35.2 Å². The molecule has 21 heavy (non-hydrogen) atoms. The van der Waals surface area contributed by atoms with Gasteiger partial charge in [0.15, 0.2) is 0 Å². The number of hydrogen-bond acceptors (Lipinski definition) is 2. The Hall–Kier alpha value is -0.730. The van der Waals surface area contributed by atoms with Crippen molar-refractivity contribution in [2.24, 2.45) is 5.73 Å². The smallest absolute Gasteiger partial charge is 0.124 e. The van der Waals surface area contributed by atoms with E-state index in [9.17, 15) is 0 Å². The molecule has 2 nitrogen and oxygen atoms in total. The number of halogens is 1. The number of unbranched alkanes of at least 4 members (excludes halogenated alkanes) is 6. The van der Waals surface area contributed by atoms with Gasteiger partial charge in [0.2, 0.25) is 0 Å². The molecule has 0 spiro atoms. The predicted molar refractivity (Wildman–Crippen MR) is 90.0 cm³/mol. The number of nitrogens with two attached hydrogens (primary N) is 1. The van der Waals surface area contributed by atoms with Crippen LogP contribution in [0, 0.1) is 0 Å². The van der Waals surface area contributed by atoms with E-state index >= 15 is 0 Å². The molecule has 1 aliphatic rings. The standard InChI is InChI=1S/C18H28ClNO/c1-2-3-4-5-6-7-8-9-15-13-17(20)16-12-14(19)10-11-18(16)21-15/h10-12,15,17H,2-9,13,20H2,1H3/t15?,17-/m0/s1. The highest BCUT2D eigenvalue weighted by atomic mass is 35.5. The molecular formula is C18H28ClNO. The van der Waals surface area contributed by atoms with Crippen LogP contribution in [0.3, 0.4) is 0 Å². The Morgan fingerprint density at radius 2 is 1.86 bits per heavy atom. The van der Waals surface area contributed by atoms with Crippen LogP contribution in [0.4, 0.5) is 0 Å². The van der Waals surface area contributed by atoms with Gasteiger partial charge in [-0.2, -0.15) is 0 Å². The average Bonchev–Trinajstić information content (AvgIpc) is 2.47. The molecule has 0 aromatic heterocycles. The van der Waals surface area contributed by atoms with Gasteiger partial charge in [-0.25, -0.2) is 0 Å². The minimum Gasteiger partial charge on any atom is -0.490 e. The van der Waals surface area contributed by atoms with Crippen molar-refractivity contribution < 1.29 is 4.74 Å². The fourth-order valence-electron chi connectivity index (χ4n) is 3.06. The van der Waals surface area contributed by atoms with Crippen molar-refractivity contribution >= 4 is 11.6 Å². The summed E-state index contributed by atoms with van der Waals surface area (Å²) in [6.45, 7) is 2.26. The quantitative estimate of drug-likeness (QED) is 0.631. The second-order valence-corrected chi connectivity index (χ2v) is 6.61. The molecule has 0 amide bonds. The summed E-state index contributed by atoms with van der Waals surface area (Å²) in [6.07, 6.45) is 11.6. The highest BCUT2D eigenvalue weighted by Gasteiger charge is 2.25. The molecule has 118 valence electrons. The molecule has 2 N–H and O–H groups in total. The highest BCUT2D eigenvalue weighted by molar-refractivity contribution is 6.30. The average molecular weight is 310 g/mol. The molecule has 1 heterocycles. The molecule has 2 atom stereocenters. The Morgan fingerprint density at radius 3 is 2.62 bits per heavy atom. The number of hydrogen-bond donors (Lipinski definition) is 1. The lowest BCUT2D eigenvalue weighted by Gasteiger charge is -2.30. The van der Waals surface area contributed by atoms with Crippen LogP contribution < -0.4 is 10.5 Å². The second kappa shape index (κ2) is 8.65. The van der Waals surface area contributed by atoms with Crippen molar-refractivity contribution in [2.45, 2.75) is 76.9 Å². The number of benzene rings is 1. The Bertz CT molecular complexity index is 435. The Morgan fingerprint density at radius 1 is 1.14 bits per heavy atom. The van der Waals surface area contributed by atoms with Gasteiger partial charge in [0.05, 0.1) is 0 Å². The third-order valence-corrected chi connectivity index (χ3v) is 4.55. The van der Waals surface area contributed by atoms with Crippen LogP contribution in [0.25, 0.3) is 0 Å². The summed E-state index contributed by atoms with van der Waals surface area (Å²) in [5.41, 5.74) is 7.31. The number of ether oxygens (including phenoxy) is 1. The van der Waals surface area contributed by atoms with Gasteiger partial charge in [0.1, 0.15) is 11.9 Å². The Kier molecular flexibility index (Phi) is 6.85. The summed E-state index contributed by atoms with van der Waals surface area (Å²) in [5.74, 6) is 0.922. The van der Waals surface area contributed by atoms with Crippen LogP contribution in [0.5, 0.6) is 5.75 Å². The Labute approximate surface area is 134 Å². The normalized spacial score (nSPS) is 20.9. The van der Waals surface area contributed by atoms with E-state index in [4.69, 9.17) is 22.1 Å². The minimum atomic E-state index is 0.0574. The summed E-state index contributed by atoms with van der Waals surface area (Å²) in [6, 6.07) is 5.82. The van der Waals surface area contributed by atoms with Gasteiger partial charge in [-0.05, 0) is 31.0 Å². The lowest BCUT2D eigenvalue weighted by Crippen LogP contribution is -2.29. The predicted octanol–water partition coefficient (Wildman–Crippen LogP) is 5.63. The molecular weight excluding hydrogens is 282 g/mol. The molecule has 0 aliphatic carbocycles. The first-order chi connectivity index (χ1) is 10.2. The maximum atomic E-state index is 6.25. The zero-order chi connectivity index (χ0) is 15.1. The van der Waals surface area contributed by atoms with Gasteiger partial charge < -0.3 is 10.5 Å². The lowest BCUT2D eigenvalue weighted by atomic mass is 9.94. The van der Waals surface area contributed by atoms with E-state index in [0.717, 1.165) is 29.2 Å². The van der Waals surface area contributed by atoms with E-state index in [0.29, 0.717) is 0 Å². The highest BCUT2D eigenvalue weighted by Crippen LogP contribution is 2.36. The fraction of sp³-hybridized carbons (Fsp3) is 0.667. The minimum absolute atomic E-state index is 0.0574. The first kappa shape index (κ1) is 16.6. The second-order valence-electron chi connectivity index (χ2n) is 6.17. The van der Waals surface area contributed by atoms with Gasteiger partial charge in [-0.3, -0.25) is 0 Å². The fourth-order valence-corrected chi connectivity index (χ4v) is 3.24. The van der Waals surface area contributed by atoms with E-state index in [1.54, 1.807) is 0 Å². The number of fused-ring (bicyclic) bond motifs is 1. The van der Waals surface area contributed by atoms with Gasteiger partial charge in [-0.15, -0.1) is 0 Å². The SMILES string of the molecule is CCCCCCCCCC1C[C@H](N)c2cc(Cl)ccc2O1. The summed E-state index contributed by atoms with van der Waals surface area (Å²) >= 11 is 6.02. The number of rotatable bonds is 8. The molecule has 0 bridgehead atoms. The Balaban J connectivity index is 1.70. The molecule has 1 aliphatic heterocycles. The van der Waals surface area contributed by atoms with Crippen molar-refractivity contribution in [2.75, 3.05) is 0 Å². The molecule has 2 rings (SSSR count). The van der Waals surface area contributed by atoms with Crippen molar-refractivity contribution in [1.82, 2.24) is 0 Å². The van der Waals surface area contributed by atoms with Crippen LogP contribution in [-0.4, -0.2) is 6.10 Å². The first-order valence-corrected chi connectivity index (χ1v) is 8.80. The summed E-state index contributed by atoms with van der Waals surface area (Å²) in [5, 5.41) is 0.735. The third-order valence-electron chi connectivity index (χ3n) is 4.31. The van der Waals surface area contributed by atoms with E-state index < -0.39 is 0 Å². The van der Waals surface area contributed by atoms with Gasteiger partial charge in [-0.1, -0.05) is 57.0 Å². The van der Waals surface area contributed by atoms with Crippen molar-refractivity contribution in [3.63, 3.8) is 0 Å². The van der Waals surface area contributed by atoms with E-state index in [1.807, 2.05) is 18.2 Å². The maximum Gasteiger partial charge on any atom is 0.124 e. The largest absolute Gasteiger partial charge is 0.490 e. The van der Waals surface area contributed by atoms with E-state index in [-0.39, 0.29) is 12.1 Å². The van der Waals surface area contributed by atoms with Gasteiger partial charge in [0, 0.05) is 23.0 Å². The summed E-state index contributed by atoms with van der Waals surface area (Å²) in [7, 11) is 0. The molecule has 1 aromatic rings. The molecule has 1 unspecified atom stereocenters. The van der Waals surface area contributed by atoms with E-state index in [1.165, 1.54) is 44.9 Å². The maximum absolute atomic E-state index is 6.25. The molecule has 1 aromatic carbocycles. The van der Waals surface area contributed by atoms with Crippen LogP contribution in [0.15, 0.2) is 18.2 Å². The lowest BCUT2D eigenvalue weighted by molar-refractivity contribution is 0.146. The third kappa shape index (κ3) is 5.19. The van der Waals surface area contributed by atoms with E-state index in [2.05, 4.69) is 6.92 Å².